The summed E-state index contributed by atoms with van der Waals surface area (Å²) in [4.78, 5) is 3.81. The third-order valence-electron chi connectivity index (χ3n) is 1.26. The van der Waals surface area contributed by atoms with Gasteiger partial charge in [-0.3, -0.25) is 0 Å². The van der Waals surface area contributed by atoms with Gasteiger partial charge in [-0.2, -0.15) is 4.37 Å². The minimum atomic E-state index is -2.28. The molecule has 0 aliphatic heterocycles. The summed E-state index contributed by atoms with van der Waals surface area (Å²) in [6.07, 6.45) is -1.05. The van der Waals surface area contributed by atoms with Crippen LogP contribution in [0.25, 0.3) is 0 Å². The number of halogens is 2. The standard InChI is InChI=1S/C6H9F2N3S/c1-4(2-5(7)8)11-6-9-3-10-12-6/h3-5H,2H2,1H3,(H,9,10,11). The quantitative estimate of drug-likeness (QED) is 0.794. The van der Waals surface area contributed by atoms with Gasteiger partial charge in [0.05, 0.1) is 0 Å². The van der Waals surface area contributed by atoms with E-state index in [2.05, 4.69) is 14.7 Å². The van der Waals surface area contributed by atoms with Gasteiger partial charge in [-0.05, 0) is 6.92 Å². The highest BCUT2D eigenvalue weighted by Crippen LogP contribution is 2.12. The van der Waals surface area contributed by atoms with Gasteiger partial charge in [-0.25, -0.2) is 13.8 Å². The molecule has 3 nitrogen and oxygen atoms in total. The average molecular weight is 193 g/mol. The Balaban J connectivity index is 2.32. The Hall–Kier alpha value is -0.780. The molecule has 1 heterocycles. The van der Waals surface area contributed by atoms with Crippen LogP contribution in [0.2, 0.25) is 0 Å². The van der Waals surface area contributed by atoms with Gasteiger partial charge in [-0.1, -0.05) is 0 Å². The molecule has 1 atom stereocenters. The highest BCUT2D eigenvalue weighted by Gasteiger charge is 2.10. The number of nitrogens with zero attached hydrogens (tertiary/aromatic N) is 2. The molecule has 0 amide bonds. The van der Waals surface area contributed by atoms with Crippen molar-refractivity contribution in [2.45, 2.75) is 25.8 Å². The largest absolute Gasteiger partial charge is 0.358 e. The number of alkyl halides is 2. The summed E-state index contributed by atoms with van der Waals surface area (Å²) in [7, 11) is 0. The topological polar surface area (TPSA) is 37.8 Å². The molecule has 1 rings (SSSR count). The van der Waals surface area contributed by atoms with Crippen LogP contribution in [0.5, 0.6) is 0 Å². The molecule has 0 aromatic carbocycles. The molecular formula is C6H9F2N3S. The molecule has 0 bridgehead atoms. The molecule has 0 radical (unpaired) electrons. The zero-order chi connectivity index (χ0) is 8.97. The maximum atomic E-state index is 11.8. The smallest absolute Gasteiger partial charge is 0.240 e. The molecule has 0 saturated carbocycles. The van der Waals surface area contributed by atoms with Crippen molar-refractivity contribution < 1.29 is 8.78 Å². The van der Waals surface area contributed by atoms with Crippen molar-refractivity contribution in [2.75, 3.05) is 5.32 Å². The molecule has 0 aliphatic carbocycles. The van der Waals surface area contributed by atoms with Crippen LogP contribution in [-0.4, -0.2) is 21.8 Å². The molecule has 0 spiro atoms. The fourth-order valence-corrected chi connectivity index (χ4v) is 1.32. The third-order valence-corrected chi connectivity index (χ3v) is 1.86. The van der Waals surface area contributed by atoms with E-state index >= 15 is 0 Å². The SMILES string of the molecule is CC(CC(F)F)Nc1ncns1. The molecule has 1 unspecified atom stereocenters. The van der Waals surface area contributed by atoms with Crippen molar-refractivity contribution in [3.8, 4) is 0 Å². The second-order valence-corrected chi connectivity index (χ2v) is 3.20. The minimum Gasteiger partial charge on any atom is -0.358 e. The predicted octanol–water partition coefficient (Wildman–Crippen LogP) is 1.99. The van der Waals surface area contributed by atoms with Crippen molar-refractivity contribution in [3.05, 3.63) is 6.33 Å². The first-order chi connectivity index (χ1) is 5.68. The molecule has 68 valence electrons. The molecule has 0 fully saturated rings. The minimum absolute atomic E-state index is 0.167. The first kappa shape index (κ1) is 9.31. The Morgan fingerprint density at radius 1 is 1.67 bits per heavy atom. The summed E-state index contributed by atoms with van der Waals surface area (Å²) in [5.41, 5.74) is 0. The molecule has 1 N–H and O–H groups in total. The van der Waals surface area contributed by atoms with Gasteiger partial charge in [-0.15, -0.1) is 0 Å². The Labute approximate surface area is 73.0 Å². The summed E-state index contributed by atoms with van der Waals surface area (Å²) in [5.74, 6) is 0. The van der Waals surface area contributed by atoms with E-state index in [4.69, 9.17) is 0 Å². The van der Waals surface area contributed by atoms with Crippen molar-refractivity contribution in [1.29, 1.82) is 0 Å². The maximum absolute atomic E-state index is 11.8. The predicted molar refractivity (Wildman–Crippen MR) is 43.6 cm³/mol. The molecule has 6 heteroatoms. The average Bonchev–Trinajstić information content (AvgIpc) is 2.37. The van der Waals surface area contributed by atoms with Crippen LogP contribution in [0.3, 0.4) is 0 Å². The summed E-state index contributed by atoms with van der Waals surface area (Å²) >= 11 is 1.16. The maximum Gasteiger partial charge on any atom is 0.240 e. The van der Waals surface area contributed by atoms with E-state index in [1.165, 1.54) is 6.33 Å². The van der Waals surface area contributed by atoms with Crippen LogP contribution in [0.1, 0.15) is 13.3 Å². The van der Waals surface area contributed by atoms with Gasteiger partial charge in [0, 0.05) is 24.0 Å². The zero-order valence-electron chi connectivity index (χ0n) is 6.50. The lowest BCUT2D eigenvalue weighted by atomic mass is 10.2. The number of hydrogen-bond acceptors (Lipinski definition) is 4. The number of anilines is 1. The molecular weight excluding hydrogens is 184 g/mol. The van der Waals surface area contributed by atoms with E-state index < -0.39 is 6.43 Å². The lowest BCUT2D eigenvalue weighted by Crippen LogP contribution is -2.18. The second-order valence-electron chi connectivity index (χ2n) is 2.42. The van der Waals surface area contributed by atoms with E-state index in [0.29, 0.717) is 5.13 Å². The number of rotatable bonds is 4. The number of aromatic nitrogens is 2. The Morgan fingerprint density at radius 2 is 2.42 bits per heavy atom. The van der Waals surface area contributed by atoms with E-state index in [1.807, 2.05) is 0 Å². The number of nitrogens with one attached hydrogen (secondary N) is 1. The summed E-state index contributed by atoms with van der Waals surface area (Å²) < 4.78 is 27.4. The fourth-order valence-electron chi connectivity index (χ4n) is 0.774. The first-order valence-electron chi connectivity index (χ1n) is 3.50. The Morgan fingerprint density at radius 3 is 2.92 bits per heavy atom. The Kier molecular flexibility index (Phi) is 3.33. The highest BCUT2D eigenvalue weighted by atomic mass is 32.1. The van der Waals surface area contributed by atoms with Gasteiger partial charge >= 0.3 is 0 Å². The van der Waals surface area contributed by atoms with Crippen LogP contribution < -0.4 is 5.32 Å². The molecule has 0 aliphatic rings. The summed E-state index contributed by atoms with van der Waals surface area (Å²) in [6, 6.07) is -0.266. The normalized spacial score (nSPS) is 13.3. The van der Waals surface area contributed by atoms with Crippen LogP contribution in [-0.2, 0) is 0 Å². The van der Waals surface area contributed by atoms with Gasteiger partial charge < -0.3 is 5.32 Å². The number of hydrogen-bond donors (Lipinski definition) is 1. The van der Waals surface area contributed by atoms with E-state index in [-0.39, 0.29) is 12.5 Å². The zero-order valence-corrected chi connectivity index (χ0v) is 7.31. The van der Waals surface area contributed by atoms with E-state index in [9.17, 15) is 8.78 Å². The lowest BCUT2D eigenvalue weighted by Gasteiger charge is -2.10. The van der Waals surface area contributed by atoms with Crippen molar-refractivity contribution >= 4 is 16.7 Å². The monoisotopic (exact) mass is 193 g/mol. The highest BCUT2D eigenvalue weighted by molar-refractivity contribution is 7.09. The van der Waals surface area contributed by atoms with Gasteiger partial charge in [0.25, 0.3) is 0 Å². The van der Waals surface area contributed by atoms with E-state index in [0.717, 1.165) is 11.5 Å². The van der Waals surface area contributed by atoms with Crippen LogP contribution in [0, 0.1) is 0 Å². The van der Waals surface area contributed by atoms with E-state index in [1.54, 1.807) is 6.92 Å². The lowest BCUT2D eigenvalue weighted by molar-refractivity contribution is 0.133. The molecule has 0 saturated heterocycles. The molecule has 1 aromatic rings. The molecule has 12 heavy (non-hydrogen) atoms. The second kappa shape index (κ2) is 4.30. The fraction of sp³-hybridized carbons (Fsp3) is 0.667. The summed E-state index contributed by atoms with van der Waals surface area (Å²) in [6.45, 7) is 1.69. The van der Waals surface area contributed by atoms with Gasteiger partial charge in [0.1, 0.15) is 6.33 Å². The van der Waals surface area contributed by atoms with Gasteiger partial charge in [0.15, 0.2) is 0 Å². The van der Waals surface area contributed by atoms with Crippen LogP contribution in [0.15, 0.2) is 6.33 Å². The summed E-state index contributed by atoms with van der Waals surface area (Å²) in [5, 5.41) is 3.40. The van der Waals surface area contributed by atoms with Crippen LogP contribution >= 0.6 is 11.5 Å². The first-order valence-corrected chi connectivity index (χ1v) is 4.27. The molecule has 1 aromatic heterocycles. The third kappa shape index (κ3) is 3.08. The van der Waals surface area contributed by atoms with Crippen molar-refractivity contribution in [3.63, 3.8) is 0 Å². The van der Waals surface area contributed by atoms with Crippen molar-refractivity contribution in [1.82, 2.24) is 9.36 Å². The Bertz CT molecular complexity index is 215. The van der Waals surface area contributed by atoms with Gasteiger partial charge in [0.2, 0.25) is 11.6 Å². The van der Waals surface area contributed by atoms with Crippen LogP contribution in [0.4, 0.5) is 13.9 Å². The van der Waals surface area contributed by atoms with Crippen molar-refractivity contribution in [2.24, 2.45) is 0 Å².